The van der Waals surface area contributed by atoms with Gasteiger partial charge in [0.1, 0.15) is 18.3 Å². The van der Waals surface area contributed by atoms with Gasteiger partial charge >= 0.3 is 5.97 Å². The van der Waals surface area contributed by atoms with E-state index < -0.39 is 24.1 Å². The van der Waals surface area contributed by atoms with Crippen LogP contribution in [0.2, 0.25) is 0 Å². The standard InChI is InChI=1S/C13H22O5/c1-5-6-7-10(16-9(2)15)12-11(8-14)17-13(3,4)18-12/h8,10-12H,5-7H2,1-4H3/t10-,11+,12-/m0/s1. The quantitative estimate of drug-likeness (QED) is 0.537. The first-order chi connectivity index (χ1) is 8.39. The van der Waals surface area contributed by atoms with Gasteiger partial charge in [-0.1, -0.05) is 13.3 Å². The molecule has 1 saturated heterocycles. The summed E-state index contributed by atoms with van der Waals surface area (Å²) in [4.78, 5) is 22.1. The van der Waals surface area contributed by atoms with Gasteiger partial charge in [0.2, 0.25) is 0 Å². The summed E-state index contributed by atoms with van der Waals surface area (Å²) in [7, 11) is 0. The van der Waals surface area contributed by atoms with Crippen molar-refractivity contribution in [2.75, 3.05) is 0 Å². The van der Waals surface area contributed by atoms with Gasteiger partial charge in [-0.2, -0.15) is 0 Å². The molecular weight excluding hydrogens is 236 g/mol. The predicted octanol–water partition coefficient (Wildman–Crippen LogP) is 1.83. The number of carbonyl (C=O) groups is 2. The van der Waals surface area contributed by atoms with Crippen LogP contribution in [0.4, 0.5) is 0 Å². The minimum absolute atomic E-state index is 0.367. The molecule has 3 atom stereocenters. The molecule has 1 fully saturated rings. The number of ether oxygens (including phenoxy) is 3. The highest BCUT2D eigenvalue weighted by molar-refractivity contribution is 5.66. The highest BCUT2D eigenvalue weighted by Gasteiger charge is 2.46. The van der Waals surface area contributed by atoms with Crippen molar-refractivity contribution in [2.24, 2.45) is 0 Å². The van der Waals surface area contributed by atoms with E-state index in [9.17, 15) is 9.59 Å². The Hall–Kier alpha value is -0.940. The molecule has 0 spiro atoms. The van der Waals surface area contributed by atoms with Gasteiger partial charge in [0, 0.05) is 6.92 Å². The number of hydrogen-bond acceptors (Lipinski definition) is 5. The molecule has 1 aliphatic heterocycles. The zero-order valence-corrected chi connectivity index (χ0v) is 11.5. The second kappa shape index (κ2) is 6.29. The molecule has 1 rings (SSSR count). The molecule has 0 saturated carbocycles. The fourth-order valence-electron chi connectivity index (χ4n) is 2.12. The third-order valence-corrected chi connectivity index (χ3v) is 2.82. The molecule has 1 heterocycles. The zero-order valence-electron chi connectivity index (χ0n) is 11.5. The van der Waals surface area contributed by atoms with Crippen molar-refractivity contribution in [1.29, 1.82) is 0 Å². The molecule has 0 radical (unpaired) electrons. The minimum Gasteiger partial charge on any atom is -0.460 e. The highest BCUT2D eigenvalue weighted by Crippen LogP contribution is 2.31. The summed E-state index contributed by atoms with van der Waals surface area (Å²) in [5.41, 5.74) is 0. The largest absolute Gasteiger partial charge is 0.460 e. The van der Waals surface area contributed by atoms with E-state index in [1.54, 1.807) is 13.8 Å². The smallest absolute Gasteiger partial charge is 0.302 e. The van der Waals surface area contributed by atoms with Gasteiger partial charge in [0.15, 0.2) is 12.1 Å². The fraction of sp³-hybridized carbons (Fsp3) is 0.846. The molecule has 5 heteroatoms. The van der Waals surface area contributed by atoms with E-state index in [-0.39, 0.29) is 5.97 Å². The Bertz CT molecular complexity index is 300. The number of hydrogen-bond donors (Lipinski definition) is 0. The maximum Gasteiger partial charge on any atom is 0.302 e. The Morgan fingerprint density at radius 1 is 1.44 bits per heavy atom. The number of unbranched alkanes of at least 4 members (excludes halogenated alkanes) is 1. The first-order valence-corrected chi connectivity index (χ1v) is 6.37. The third-order valence-electron chi connectivity index (χ3n) is 2.82. The monoisotopic (exact) mass is 258 g/mol. The van der Waals surface area contributed by atoms with Crippen LogP contribution in [0.1, 0.15) is 47.0 Å². The Balaban J connectivity index is 2.76. The number of rotatable bonds is 6. The summed E-state index contributed by atoms with van der Waals surface area (Å²) in [5, 5.41) is 0. The molecule has 0 aliphatic carbocycles. The number of esters is 1. The van der Waals surface area contributed by atoms with Crippen molar-refractivity contribution in [3.8, 4) is 0 Å². The molecule has 0 aromatic carbocycles. The van der Waals surface area contributed by atoms with Gasteiger partial charge < -0.3 is 19.0 Å². The van der Waals surface area contributed by atoms with Crippen molar-refractivity contribution in [2.45, 2.75) is 71.1 Å². The summed E-state index contributed by atoms with van der Waals surface area (Å²) in [6.45, 7) is 6.90. The topological polar surface area (TPSA) is 61.8 Å². The molecule has 0 N–H and O–H groups in total. The third kappa shape index (κ3) is 4.07. The Morgan fingerprint density at radius 3 is 2.61 bits per heavy atom. The van der Waals surface area contributed by atoms with E-state index in [4.69, 9.17) is 14.2 Å². The molecule has 0 aromatic heterocycles. The lowest BCUT2D eigenvalue weighted by atomic mass is 10.0. The van der Waals surface area contributed by atoms with E-state index in [1.165, 1.54) is 6.92 Å². The molecule has 104 valence electrons. The van der Waals surface area contributed by atoms with Crippen molar-refractivity contribution < 1.29 is 23.8 Å². The van der Waals surface area contributed by atoms with Crippen LogP contribution in [-0.4, -0.2) is 36.4 Å². The van der Waals surface area contributed by atoms with Gasteiger partial charge in [0.25, 0.3) is 0 Å². The van der Waals surface area contributed by atoms with E-state index in [2.05, 4.69) is 6.92 Å². The first-order valence-electron chi connectivity index (χ1n) is 6.37. The Labute approximate surface area is 108 Å². The molecule has 1 aliphatic rings. The van der Waals surface area contributed by atoms with Crippen molar-refractivity contribution in [3.05, 3.63) is 0 Å². The highest BCUT2D eigenvalue weighted by atomic mass is 16.8. The lowest BCUT2D eigenvalue weighted by molar-refractivity contribution is -0.170. The average molecular weight is 258 g/mol. The molecule has 5 nitrogen and oxygen atoms in total. The number of aldehydes is 1. The first kappa shape index (κ1) is 15.1. The van der Waals surface area contributed by atoms with E-state index in [0.29, 0.717) is 12.7 Å². The number of carbonyl (C=O) groups excluding carboxylic acids is 2. The van der Waals surface area contributed by atoms with Gasteiger partial charge in [-0.3, -0.25) is 4.79 Å². The molecule has 0 amide bonds. The molecule has 0 aromatic rings. The van der Waals surface area contributed by atoms with Crippen LogP contribution in [0.15, 0.2) is 0 Å². The summed E-state index contributed by atoms with van der Waals surface area (Å²) in [5.74, 6) is -1.19. The molecule has 0 unspecified atom stereocenters. The zero-order chi connectivity index (χ0) is 13.8. The van der Waals surface area contributed by atoms with Gasteiger partial charge in [-0.15, -0.1) is 0 Å². The predicted molar refractivity (Wildman–Crippen MR) is 65.0 cm³/mol. The summed E-state index contributed by atoms with van der Waals surface area (Å²) in [6.07, 6.45) is 1.64. The summed E-state index contributed by atoms with van der Waals surface area (Å²) < 4.78 is 16.4. The summed E-state index contributed by atoms with van der Waals surface area (Å²) >= 11 is 0. The van der Waals surface area contributed by atoms with E-state index in [1.807, 2.05) is 0 Å². The van der Waals surface area contributed by atoms with Crippen molar-refractivity contribution in [1.82, 2.24) is 0 Å². The van der Waals surface area contributed by atoms with Gasteiger partial charge in [-0.25, -0.2) is 0 Å². The molecule has 0 bridgehead atoms. The van der Waals surface area contributed by atoms with Crippen LogP contribution in [0.25, 0.3) is 0 Å². The van der Waals surface area contributed by atoms with Crippen molar-refractivity contribution >= 4 is 12.3 Å². The normalized spacial score (nSPS) is 27.8. The Kier molecular flexibility index (Phi) is 5.28. The maximum absolute atomic E-state index is 11.1. The lowest BCUT2D eigenvalue weighted by Gasteiger charge is -2.24. The van der Waals surface area contributed by atoms with Crippen molar-refractivity contribution in [3.63, 3.8) is 0 Å². The second-order valence-electron chi connectivity index (χ2n) is 4.99. The molecule has 18 heavy (non-hydrogen) atoms. The second-order valence-corrected chi connectivity index (χ2v) is 4.99. The van der Waals surface area contributed by atoms with E-state index >= 15 is 0 Å². The van der Waals surface area contributed by atoms with Crippen LogP contribution < -0.4 is 0 Å². The van der Waals surface area contributed by atoms with Crippen LogP contribution in [0, 0.1) is 0 Å². The van der Waals surface area contributed by atoms with Crippen LogP contribution in [0.5, 0.6) is 0 Å². The SMILES string of the molecule is CCCC[C@H](OC(C)=O)[C@@H]1OC(C)(C)O[C@@H]1C=O. The minimum atomic E-state index is -0.819. The molecular formula is C13H22O5. The lowest BCUT2D eigenvalue weighted by Crippen LogP contribution is -2.39. The summed E-state index contributed by atoms with van der Waals surface area (Å²) in [6, 6.07) is 0. The van der Waals surface area contributed by atoms with Crippen LogP contribution in [-0.2, 0) is 23.8 Å². The van der Waals surface area contributed by atoms with E-state index in [0.717, 1.165) is 12.8 Å². The average Bonchev–Trinajstić information content (AvgIpc) is 2.59. The van der Waals surface area contributed by atoms with Crippen LogP contribution >= 0.6 is 0 Å². The van der Waals surface area contributed by atoms with Gasteiger partial charge in [-0.05, 0) is 26.7 Å². The fourth-order valence-corrected chi connectivity index (χ4v) is 2.12. The van der Waals surface area contributed by atoms with Crippen LogP contribution in [0.3, 0.4) is 0 Å². The van der Waals surface area contributed by atoms with Gasteiger partial charge in [0.05, 0.1) is 0 Å². The maximum atomic E-state index is 11.1. The Morgan fingerprint density at radius 2 is 2.11 bits per heavy atom.